The van der Waals surface area contributed by atoms with Crippen LogP contribution in [0.25, 0.3) is 11.2 Å². The van der Waals surface area contributed by atoms with Crippen molar-refractivity contribution in [2.24, 2.45) is 5.10 Å². The SMILES string of the molecule is COc1cc(/C=N\Nc2ncnc3nc[nH]c23)cc(OC)c1OC. The predicted molar refractivity (Wildman–Crippen MR) is 89.0 cm³/mol. The highest BCUT2D eigenvalue weighted by molar-refractivity contribution is 5.85. The molecule has 2 heterocycles. The Morgan fingerprint density at radius 3 is 2.46 bits per heavy atom. The number of hydrogen-bond donors (Lipinski definition) is 2. The van der Waals surface area contributed by atoms with Gasteiger partial charge in [-0.05, 0) is 12.1 Å². The molecule has 1 aromatic carbocycles. The van der Waals surface area contributed by atoms with Crippen LogP contribution in [0.2, 0.25) is 0 Å². The Labute approximate surface area is 137 Å². The summed E-state index contributed by atoms with van der Waals surface area (Å²) in [7, 11) is 4.68. The van der Waals surface area contributed by atoms with Crippen LogP contribution in [0.5, 0.6) is 17.2 Å². The Kier molecular flexibility index (Phi) is 4.41. The van der Waals surface area contributed by atoms with Crippen LogP contribution >= 0.6 is 0 Å². The van der Waals surface area contributed by atoms with Gasteiger partial charge in [-0.2, -0.15) is 5.10 Å². The van der Waals surface area contributed by atoms with Crippen molar-refractivity contribution in [3.8, 4) is 17.2 Å². The summed E-state index contributed by atoms with van der Waals surface area (Å²) in [5, 5.41) is 4.18. The van der Waals surface area contributed by atoms with Gasteiger partial charge >= 0.3 is 0 Å². The quantitative estimate of drug-likeness (QED) is 0.525. The number of hydrazone groups is 1. The van der Waals surface area contributed by atoms with Crippen LogP contribution in [0.3, 0.4) is 0 Å². The van der Waals surface area contributed by atoms with Gasteiger partial charge in [0, 0.05) is 5.56 Å². The Morgan fingerprint density at radius 2 is 1.79 bits per heavy atom. The van der Waals surface area contributed by atoms with E-state index in [1.54, 1.807) is 46.0 Å². The molecule has 3 rings (SSSR count). The number of hydrogen-bond acceptors (Lipinski definition) is 8. The maximum absolute atomic E-state index is 5.31. The van der Waals surface area contributed by atoms with Crippen LogP contribution in [0.15, 0.2) is 29.9 Å². The summed E-state index contributed by atoms with van der Waals surface area (Å²) in [6, 6.07) is 3.58. The van der Waals surface area contributed by atoms with Crippen molar-refractivity contribution in [1.82, 2.24) is 19.9 Å². The summed E-state index contributed by atoms with van der Waals surface area (Å²) < 4.78 is 15.9. The van der Waals surface area contributed by atoms with E-state index in [-0.39, 0.29) is 0 Å². The van der Waals surface area contributed by atoms with Crippen molar-refractivity contribution in [2.75, 3.05) is 26.8 Å². The van der Waals surface area contributed by atoms with Gasteiger partial charge in [0.1, 0.15) is 11.8 Å². The highest BCUT2D eigenvalue weighted by Crippen LogP contribution is 2.37. The van der Waals surface area contributed by atoms with Crippen LogP contribution in [0.4, 0.5) is 5.82 Å². The van der Waals surface area contributed by atoms with E-state index in [9.17, 15) is 0 Å². The number of fused-ring (bicyclic) bond motifs is 1. The number of H-pyrrole nitrogens is 1. The number of benzene rings is 1. The number of anilines is 1. The lowest BCUT2D eigenvalue weighted by molar-refractivity contribution is 0.324. The van der Waals surface area contributed by atoms with Crippen molar-refractivity contribution in [1.29, 1.82) is 0 Å². The molecule has 0 amide bonds. The zero-order chi connectivity index (χ0) is 16.9. The minimum absolute atomic E-state index is 0.528. The maximum Gasteiger partial charge on any atom is 0.203 e. The molecule has 0 aliphatic rings. The van der Waals surface area contributed by atoms with Crippen molar-refractivity contribution >= 4 is 23.2 Å². The van der Waals surface area contributed by atoms with Gasteiger partial charge in [-0.25, -0.2) is 15.0 Å². The first-order chi connectivity index (χ1) is 11.8. The van der Waals surface area contributed by atoms with Gasteiger partial charge in [-0.1, -0.05) is 0 Å². The maximum atomic E-state index is 5.31. The molecule has 0 aliphatic heterocycles. The fraction of sp³-hybridized carbons (Fsp3) is 0.200. The first-order valence-corrected chi connectivity index (χ1v) is 7.00. The van der Waals surface area contributed by atoms with Gasteiger partial charge in [-0.15, -0.1) is 0 Å². The van der Waals surface area contributed by atoms with Crippen LogP contribution in [-0.2, 0) is 0 Å². The predicted octanol–water partition coefficient (Wildman–Crippen LogP) is 1.82. The van der Waals surface area contributed by atoms with Gasteiger partial charge in [0.05, 0.1) is 33.9 Å². The smallest absolute Gasteiger partial charge is 0.203 e. The molecule has 0 fully saturated rings. The zero-order valence-electron chi connectivity index (χ0n) is 13.4. The first kappa shape index (κ1) is 15.5. The third-order valence-corrected chi connectivity index (χ3v) is 3.29. The molecule has 0 saturated carbocycles. The van der Waals surface area contributed by atoms with Gasteiger partial charge in [0.25, 0.3) is 0 Å². The Hall–Kier alpha value is -3.36. The molecule has 0 saturated heterocycles. The molecule has 0 spiro atoms. The molecule has 3 aromatic rings. The molecule has 0 aliphatic carbocycles. The van der Waals surface area contributed by atoms with E-state index in [4.69, 9.17) is 14.2 Å². The lowest BCUT2D eigenvalue weighted by Crippen LogP contribution is -1.98. The normalized spacial score (nSPS) is 11.0. The number of aromatic nitrogens is 4. The molecule has 124 valence electrons. The summed E-state index contributed by atoms with van der Waals surface area (Å²) >= 11 is 0. The molecule has 0 bridgehead atoms. The summed E-state index contributed by atoms with van der Waals surface area (Å²) in [6.07, 6.45) is 4.59. The second-order valence-corrected chi connectivity index (χ2v) is 4.65. The Morgan fingerprint density at radius 1 is 1.04 bits per heavy atom. The molecule has 2 N–H and O–H groups in total. The topological polar surface area (TPSA) is 107 Å². The molecule has 0 unspecified atom stereocenters. The molecular weight excluding hydrogens is 312 g/mol. The largest absolute Gasteiger partial charge is 0.493 e. The van der Waals surface area contributed by atoms with Crippen LogP contribution < -0.4 is 19.6 Å². The average molecular weight is 328 g/mol. The second kappa shape index (κ2) is 6.82. The minimum Gasteiger partial charge on any atom is -0.493 e. The van der Waals surface area contributed by atoms with Crippen molar-refractivity contribution in [3.05, 3.63) is 30.4 Å². The molecular formula is C15H16N6O3. The zero-order valence-corrected chi connectivity index (χ0v) is 13.4. The monoisotopic (exact) mass is 328 g/mol. The fourth-order valence-electron chi connectivity index (χ4n) is 2.19. The number of rotatable bonds is 6. The summed E-state index contributed by atoms with van der Waals surface area (Å²) in [6.45, 7) is 0. The molecule has 0 atom stereocenters. The van der Waals surface area contributed by atoms with Crippen molar-refractivity contribution in [2.45, 2.75) is 0 Å². The highest BCUT2D eigenvalue weighted by atomic mass is 16.5. The van der Waals surface area contributed by atoms with E-state index >= 15 is 0 Å². The number of nitrogens with one attached hydrogen (secondary N) is 2. The minimum atomic E-state index is 0.528. The van der Waals surface area contributed by atoms with Gasteiger partial charge < -0.3 is 19.2 Å². The highest BCUT2D eigenvalue weighted by Gasteiger charge is 2.12. The Bertz CT molecular complexity index is 852. The van der Waals surface area contributed by atoms with E-state index in [1.807, 2.05) is 0 Å². The lowest BCUT2D eigenvalue weighted by Gasteiger charge is -2.12. The Balaban J connectivity index is 1.85. The van der Waals surface area contributed by atoms with Crippen LogP contribution in [0.1, 0.15) is 5.56 Å². The van der Waals surface area contributed by atoms with Gasteiger partial charge in [0.2, 0.25) is 5.75 Å². The van der Waals surface area contributed by atoms with E-state index < -0.39 is 0 Å². The average Bonchev–Trinajstić information content (AvgIpc) is 3.10. The summed E-state index contributed by atoms with van der Waals surface area (Å²) in [5.74, 6) is 2.16. The third-order valence-electron chi connectivity index (χ3n) is 3.29. The van der Waals surface area contributed by atoms with Crippen molar-refractivity contribution in [3.63, 3.8) is 0 Å². The van der Waals surface area contributed by atoms with E-state index in [1.165, 1.54) is 6.33 Å². The number of methoxy groups -OCH3 is 3. The van der Waals surface area contributed by atoms with Crippen LogP contribution in [-0.4, -0.2) is 47.5 Å². The number of imidazole rings is 1. The third kappa shape index (κ3) is 2.91. The first-order valence-electron chi connectivity index (χ1n) is 7.00. The molecule has 0 radical (unpaired) electrons. The van der Waals surface area contributed by atoms with Crippen LogP contribution in [0, 0.1) is 0 Å². The molecule has 9 nitrogen and oxygen atoms in total. The summed E-state index contributed by atoms with van der Waals surface area (Å²) in [5.41, 5.74) is 4.88. The number of aromatic amines is 1. The van der Waals surface area contributed by atoms with Gasteiger partial charge in [-0.3, -0.25) is 5.43 Å². The molecule has 24 heavy (non-hydrogen) atoms. The fourth-order valence-corrected chi connectivity index (χ4v) is 2.19. The number of ether oxygens (including phenoxy) is 3. The van der Waals surface area contributed by atoms with E-state index in [0.29, 0.717) is 34.2 Å². The number of nitrogens with zero attached hydrogens (tertiary/aromatic N) is 4. The second-order valence-electron chi connectivity index (χ2n) is 4.65. The summed E-state index contributed by atoms with van der Waals surface area (Å²) in [4.78, 5) is 15.2. The van der Waals surface area contributed by atoms with E-state index in [0.717, 1.165) is 5.56 Å². The molecule has 2 aromatic heterocycles. The lowest BCUT2D eigenvalue weighted by atomic mass is 10.2. The van der Waals surface area contributed by atoms with Gasteiger partial charge in [0.15, 0.2) is 23.0 Å². The van der Waals surface area contributed by atoms with E-state index in [2.05, 4.69) is 30.5 Å². The van der Waals surface area contributed by atoms with Crippen molar-refractivity contribution < 1.29 is 14.2 Å². The molecule has 9 heteroatoms. The standard InChI is InChI=1S/C15H16N6O3/c1-22-10-4-9(5-11(23-2)13(10)24-3)6-20-21-15-12-14(17-7-16-12)18-8-19-15/h4-8H,1-3H3,(H2,16,17,18,19,21)/b20-6-.